The Bertz CT molecular complexity index is 520. The van der Waals surface area contributed by atoms with Crippen LogP contribution in [-0.2, 0) is 9.53 Å². The van der Waals surface area contributed by atoms with E-state index in [-0.39, 0.29) is 21.5 Å². The number of alkyl carbamates (subject to hydrolysis) is 1. The minimum atomic E-state index is -0.517. The molecule has 2 aliphatic rings. The summed E-state index contributed by atoms with van der Waals surface area (Å²) in [7, 11) is 1.95. The summed E-state index contributed by atoms with van der Waals surface area (Å²) in [6.07, 6.45) is 12.6. The van der Waals surface area contributed by atoms with Gasteiger partial charge in [0.25, 0.3) is 0 Å². The molecule has 2 amide bonds. The lowest BCUT2D eigenvalue weighted by Gasteiger charge is -2.40. The van der Waals surface area contributed by atoms with Crippen molar-refractivity contribution in [2.24, 2.45) is 0 Å². The number of hydrogen-bond donors (Lipinski definition) is 1. The zero-order valence-electron chi connectivity index (χ0n) is 18.2. The first-order chi connectivity index (χ1) is 13.1. The normalized spacial score (nSPS) is 21.6. The van der Waals surface area contributed by atoms with E-state index in [4.69, 9.17) is 4.74 Å². The van der Waals surface area contributed by atoms with Gasteiger partial charge in [-0.2, -0.15) is 0 Å². The molecule has 0 aliphatic heterocycles. The van der Waals surface area contributed by atoms with E-state index in [1.807, 2.05) is 32.7 Å². The lowest BCUT2D eigenvalue weighted by atomic mass is 9.82. The quantitative estimate of drug-likeness (QED) is 0.378. The molecule has 0 bridgehead atoms. The maximum Gasteiger partial charge on any atom is 0.407 e. The third-order valence-corrected chi connectivity index (χ3v) is 7.99. The molecule has 2 fully saturated rings. The van der Waals surface area contributed by atoms with E-state index >= 15 is 0 Å². The zero-order valence-corrected chi connectivity index (χ0v) is 20.3. The Labute approximate surface area is 184 Å². The van der Waals surface area contributed by atoms with Crippen LogP contribution in [0.3, 0.4) is 0 Å². The highest BCUT2D eigenvalue weighted by molar-refractivity contribution is 14.1. The number of amides is 2. The van der Waals surface area contributed by atoms with Crippen LogP contribution in [-0.4, -0.2) is 45.1 Å². The van der Waals surface area contributed by atoms with Crippen molar-refractivity contribution in [1.82, 2.24) is 10.2 Å². The van der Waals surface area contributed by atoms with E-state index < -0.39 is 5.60 Å². The van der Waals surface area contributed by atoms with Gasteiger partial charge in [0, 0.05) is 29.0 Å². The van der Waals surface area contributed by atoms with Crippen molar-refractivity contribution in [2.45, 2.75) is 119 Å². The van der Waals surface area contributed by atoms with E-state index in [2.05, 4.69) is 27.9 Å². The molecule has 5 nitrogen and oxygen atoms in total. The van der Waals surface area contributed by atoms with E-state index in [1.165, 1.54) is 38.5 Å². The van der Waals surface area contributed by atoms with Crippen LogP contribution in [0.1, 0.15) is 97.8 Å². The molecule has 0 aromatic rings. The number of rotatable bonds is 6. The molecule has 0 heterocycles. The molecule has 1 N–H and O–H groups in total. The Morgan fingerprint density at radius 1 is 1.11 bits per heavy atom. The van der Waals surface area contributed by atoms with Crippen molar-refractivity contribution in [3.05, 3.63) is 0 Å². The number of halogens is 1. The summed E-state index contributed by atoms with van der Waals surface area (Å²) < 4.78 is 5.52. The van der Waals surface area contributed by atoms with E-state index in [0.29, 0.717) is 18.9 Å². The van der Waals surface area contributed by atoms with Gasteiger partial charge in [0.1, 0.15) is 5.60 Å². The Morgan fingerprint density at radius 3 is 2.25 bits per heavy atom. The first-order valence-electron chi connectivity index (χ1n) is 11.0. The molecule has 1 unspecified atom stereocenters. The highest BCUT2D eigenvalue weighted by atomic mass is 127. The van der Waals surface area contributed by atoms with Gasteiger partial charge in [0.2, 0.25) is 5.91 Å². The van der Waals surface area contributed by atoms with E-state index in [1.54, 1.807) is 0 Å². The maximum atomic E-state index is 12.8. The van der Waals surface area contributed by atoms with Gasteiger partial charge in [-0.1, -0.05) is 61.1 Å². The van der Waals surface area contributed by atoms with Crippen molar-refractivity contribution in [1.29, 1.82) is 0 Å². The first kappa shape index (κ1) is 23.7. The summed E-state index contributed by atoms with van der Waals surface area (Å²) in [5.74, 6) is 0.207. The van der Waals surface area contributed by atoms with Crippen molar-refractivity contribution in [2.75, 3.05) is 7.05 Å². The summed E-state index contributed by atoms with van der Waals surface area (Å²) >= 11 is 2.53. The van der Waals surface area contributed by atoms with Gasteiger partial charge in [-0.05, 0) is 52.9 Å². The van der Waals surface area contributed by atoms with Crippen LogP contribution in [0.2, 0.25) is 0 Å². The number of alkyl halides is 1. The zero-order chi connectivity index (χ0) is 20.8. The Kier molecular flexibility index (Phi) is 8.89. The summed E-state index contributed by atoms with van der Waals surface area (Å²) in [5.41, 5.74) is -0.517. The molecular formula is C22H39IN2O3. The Morgan fingerprint density at radius 2 is 1.68 bits per heavy atom. The van der Waals surface area contributed by atoms with Gasteiger partial charge >= 0.3 is 6.09 Å². The molecule has 6 heteroatoms. The van der Waals surface area contributed by atoms with Crippen LogP contribution in [0, 0.1) is 0 Å². The third-order valence-electron chi connectivity index (χ3n) is 6.16. The molecular weight excluding hydrogens is 467 g/mol. The molecule has 28 heavy (non-hydrogen) atoms. The van der Waals surface area contributed by atoms with Gasteiger partial charge in [0.15, 0.2) is 0 Å². The largest absolute Gasteiger partial charge is 0.444 e. The molecule has 0 radical (unpaired) electrons. The predicted molar refractivity (Wildman–Crippen MR) is 122 cm³/mol. The Hall–Kier alpha value is -0.530. The molecule has 0 aromatic heterocycles. The first-order valence-corrected chi connectivity index (χ1v) is 12.1. The second kappa shape index (κ2) is 10.5. The molecule has 2 rings (SSSR count). The predicted octanol–water partition coefficient (Wildman–Crippen LogP) is 5.59. The number of hydrogen-bond acceptors (Lipinski definition) is 3. The van der Waals surface area contributed by atoms with Gasteiger partial charge in [0.05, 0.1) is 0 Å². The summed E-state index contributed by atoms with van der Waals surface area (Å²) in [4.78, 5) is 27.2. The minimum absolute atomic E-state index is 0.0105. The average molecular weight is 506 g/mol. The molecule has 162 valence electrons. The minimum Gasteiger partial charge on any atom is -0.444 e. The topological polar surface area (TPSA) is 58.6 Å². The molecule has 0 aromatic carbocycles. The highest BCUT2D eigenvalue weighted by Crippen LogP contribution is 2.41. The van der Waals surface area contributed by atoms with Crippen molar-refractivity contribution in [3.63, 3.8) is 0 Å². The fraction of sp³-hybridized carbons (Fsp3) is 0.909. The maximum absolute atomic E-state index is 12.8. The SMILES string of the molecule is CN(C(=O)CCC(NC(=O)OC(C)(C)C)C1(I)CCCCC1)C1CCCCC1. The van der Waals surface area contributed by atoms with Crippen LogP contribution in [0.4, 0.5) is 4.79 Å². The molecule has 1 atom stereocenters. The summed E-state index contributed by atoms with van der Waals surface area (Å²) in [5, 5.41) is 3.12. The summed E-state index contributed by atoms with van der Waals surface area (Å²) in [6.45, 7) is 5.64. The van der Waals surface area contributed by atoms with Gasteiger partial charge in [-0.3, -0.25) is 4.79 Å². The number of carbonyl (C=O) groups excluding carboxylic acids is 2. The smallest absolute Gasteiger partial charge is 0.407 e. The molecule has 2 aliphatic carbocycles. The molecule has 2 saturated carbocycles. The third kappa shape index (κ3) is 7.38. The van der Waals surface area contributed by atoms with E-state index in [0.717, 1.165) is 25.7 Å². The molecule has 0 saturated heterocycles. The van der Waals surface area contributed by atoms with Crippen LogP contribution >= 0.6 is 22.6 Å². The van der Waals surface area contributed by atoms with Crippen molar-refractivity contribution < 1.29 is 14.3 Å². The number of nitrogens with one attached hydrogen (secondary N) is 1. The lowest BCUT2D eigenvalue weighted by Crippen LogP contribution is -2.51. The van der Waals surface area contributed by atoms with Crippen LogP contribution < -0.4 is 5.32 Å². The Balaban J connectivity index is 1.98. The fourth-order valence-corrected chi connectivity index (χ4v) is 5.74. The average Bonchev–Trinajstić information content (AvgIpc) is 2.64. The number of ether oxygens (including phenoxy) is 1. The standard InChI is InChI=1S/C22H39IN2O3/c1-21(2,3)28-20(27)24-18(22(23)15-9-6-10-16-22)13-14-19(26)25(4)17-11-7-5-8-12-17/h17-18H,5-16H2,1-4H3,(H,24,27). The summed E-state index contributed by atoms with van der Waals surface area (Å²) in [6, 6.07) is 0.355. The monoisotopic (exact) mass is 506 g/mol. The van der Waals surface area contributed by atoms with Crippen molar-refractivity contribution in [3.8, 4) is 0 Å². The number of carbonyl (C=O) groups is 2. The van der Waals surface area contributed by atoms with Crippen molar-refractivity contribution >= 4 is 34.6 Å². The number of nitrogens with zero attached hydrogens (tertiary/aromatic N) is 1. The highest BCUT2D eigenvalue weighted by Gasteiger charge is 2.39. The van der Waals surface area contributed by atoms with Gasteiger partial charge in [-0.15, -0.1) is 0 Å². The van der Waals surface area contributed by atoms with Crippen LogP contribution in [0.25, 0.3) is 0 Å². The van der Waals surface area contributed by atoms with E-state index in [9.17, 15) is 9.59 Å². The van der Waals surface area contributed by atoms with Crippen LogP contribution in [0.15, 0.2) is 0 Å². The molecule has 0 spiro atoms. The van der Waals surface area contributed by atoms with Crippen LogP contribution in [0.5, 0.6) is 0 Å². The van der Waals surface area contributed by atoms with Gasteiger partial charge in [-0.25, -0.2) is 4.79 Å². The lowest BCUT2D eigenvalue weighted by molar-refractivity contribution is -0.132. The second-order valence-electron chi connectivity index (χ2n) is 9.63. The fourth-order valence-electron chi connectivity index (χ4n) is 4.51. The second-order valence-corrected chi connectivity index (χ2v) is 11.8. The van der Waals surface area contributed by atoms with Gasteiger partial charge < -0.3 is 15.0 Å².